The van der Waals surface area contributed by atoms with Gasteiger partial charge in [0.05, 0.1) is 6.04 Å². The number of hydrogen-bond donors (Lipinski definition) is 1. The second-order valence-corrected chi connectivity index (χ2v) is 7.63. The lowest BCUT2D eigenvalue weighted by atomic mass is 9.89. The maximum atomic E-state index is 6.88. The first-order chi connectivity index (χ1) is 13.8. The molecule has 2 N–H and O–H groups in total. The van der Waals surface area contributed by atoms with Crippen LogP contribution in [-0.4, -0.2) is 4.90 Å². The molecule has 0 saturated heterocycles. The molecule has 0 spiro atoms. The Morgan fingerprint density at radius 1 is 0.607 bits per heavy atom. The first-order valence-corrected chi connectivity index (χ1v) is 9.90. The second-order valence-electron chi connectivity index (χ2n) is 7.63. The fourth-order valence-corrected chi connectivity index (χ4v) is 4.61. The third-order valence-electron chi connectivity index (χ3n) is 5.88. The van der Waals surface area contributed by atoms with Crippen LogP contribution >= 0.6 is 0 Å². The first-order valence-electron chi connectivity index (χ1n) is 9.90. The van der Waals surface area contributed by atoms with Crippen molar-refractivity contribution in [3.63, 3.8) is 0 Å². The van der Waals surface area contributed by atoms with Gasteiger partial charge < -0.3 is 5.73 Å². The molecule has 0 aromatic heterocycles. The summed E-state index contributed by atoms with van der Waals surface area (Å²) in [4.78, 5) is 2.53. The van der Waals surface area contributed by atoms with Crippen molar-refractivity contribution in [1.29, 1.82) is 0 Å². The minimum Gasteiger partial charge on any atom is -0.322 e. The molecule has 5 rings (SSSR count). The van der Waals surface area contributed by atoms with Gasteiger partial charge in [0.2, 0.25) is 0 Å². The quantitative estimate of drug-likeness (QED) is 0.511. The molecule has 0 unspecified atom stereocenters. The highest BCUT2D eigenvalue weighted by molar-refractivity contribution is 5.89. The Labute approximate surface area is 166 Å². The maximum absolute atomic E-state index is 6.88. The summed E-state index contributed by atoms with van der Waals surface area (Å²) in [5.74, 6) is 0. The highest BCUT2D eigenvalue weighted by Crippen LogP contribution is 2.39. The number of benzene rings is 4. The Morgan fingerprint density at radius 3 is 1.71 bits per heavy atom. The van der Waals surface area contributed by atoms with E-state index in [2.05, 4.69) is 95.9 Å². The SMILES string of the molecule is N[C@@H](c1ccccc1)[C@H](c1ccccc1)N1Cc2cccc3cccc(c23)C1. The summed E-state index contributed by atoms with van der Waals surface area (Å²) in [6, 6.07) is 34.5. The molecular weight excluding hydrogens is 340 g/mol. The lowest BCUT2D eigenvalue weighted by Crippen LogP contribution is -2.37. The molecule has 1 aliphatic rings. The predicted octanol–water partition coefficient (Wildman–Crippen LogP) is 5.60. The number of nitrogens with zero attached hydrogens (tertiary/aromatic N) is 1. The van der Waals surface area contributed by atoms with Gasteiger partial charge in [0, 0.05) is 19.1 Å². The summed E-state index contributed by atoms with van der Waals surface area (Å²) in [6.07, 6.45) is 0. The monoisotopic (exact) mass is 364 g/mol. The Hall–Kier alpha value is -2.94. The van der Waals surface area contributed by atoms with Crippen molar-refractivity contribution >= 4 is 10.8 Å². The van der Waals surface area contributed by atoms with Gasteiger partial charge in [0.1, 0.15) is 0 Å². The van der Waals surface area contributed by atoms with Crippen LogP contribution in [0.4, 0.5) is 0 Å². The number of rotatable bonds is 4. The van der Waals surface area contributed by atoms with E-state index in [9.17, 15) is 0 Å². The minimum atomic E-state index is -0.0898. The normalized spacial score (nSPS) is 16.0. The molecule has 0 radical (unpaired) electrons. The molecule has 1 heterocycles. The molecular formula is C26H24N2. The lowest BCUT2D eigenvalue weighted by Gasteiger charge is -2.39. The van der Waals surface area contributed by atoms with Gasteiger partial charge in [-0.2, -0.15) is 0 Å². The van der Waals surface area contributed by atoms with Gasteiger partial charge in [-0.25, -0.2) is 0 Å². The molecule has 0 amide bonds. The van der Waals surface area contributed by atoms with Crippen LogP contribution in [0.3, 0.4) is 0 Å². The van der Waals surface area contributed by atoms with Gasteiger partial charge in [0.15, 0.2) is 0 Å². The van der Waals surface area contributed by atoms with Crippen molar-refractivity contribution in [1.82, 2.24) is 4.90 Å². The van der Waals surface area contributed by atoms with E-state index in [0.29, 0.717) is 0 Å². The zero-order valence-electron chi connectivity index (χ0n) is 15.8. The van der Waals surface area contributed by atoms with Crippen LogP contribution in [0, 0.1) is 0 Å². The largest absolute Gasteiger partial charge is 0.322 e. The molecule has 2 heteroatoms. The third kappa shape index (κ3) is 3.01. The molecule has 4 aromatic rings. The van der Waals surface area contributed by atoms with E-state index in [4.69, 9.17) is 5.73 Å². The standard InChI is InChI=1S/C26H24N2/c27-25(20-9-3-1-4-10-20)26(21-11-5-2-6-12-21)28-17-22-15-7-13-19-14-8-16-23(18-28)24(19)22/h1-16,25-26H,17-18,27H2/t25-,26-/m0/s1. The van der Waals surface area contributed by atoms with Crippen LogP contribution in [-0.2, 0) is 13.1 Å². The summed E-state index contributed by atoms with van der Waals surface area (Å²) in [5, 5.41) is 2.75. The Morgan fingerprint density at radius 2 is 1.14 bits per heavy atom. The smallest absolute Gasteiger partial charge is 0.0548 e. The van der Waals surface area contributed by atoms with Crippen molar-refractivity contribution in [3.05, 3.63) is 119 Å². The average Bonchev–Trinajstić information content (AvgIpc) is 2.76. The molecule has 0 saturated carbocycles. The van der Waals surface area contributed by atoms with Crippen LogP contribution in [0.5, 0.6) is 0 Å². The van der Waals surface area contributed by atoms with Gasteiger partial charge in [-0.3, -0.25) is 4.90 Å². The zero-order valence-corrected chi connectivity index (χ0v) is 15.8. The molecule has 4 aromatic carbocycles. The summed E-state index contributed by atoms with van der Waals surface area (Å²) in [6.45, 7) is 1.82. The van der Waals surface area contributed by atoms with E-state index in [0.717, 1.165) is 13.1 Å². The van der Waals surface area contributed by atoms with E-state index in [-0.39, 0.29) is 12.1 Å². The topological polar surface area (TPSA) is 29.3 Å². The molecule has 138 valence electrons. The minimum absolute atomic E-state index is 0.0898. The second kappa shape index (κ2) is 7.23. The van der Waals surface area contributed by atoms with Gasteiger partial charge in [-0.1, -0.05) is 97.1 Å². The van der Waals surface area contributed by atoms with Crippen molar-refractivity contribution in [2.24, 2.45) is 5.73 Å². The fraction of sp³-hybridized carbons (Fsp3) is 0.154. The zero-order chi connectivity index (χ0) is 18.9. The van der Waals surface area contributed by atoms with Crippen molar-refractivity contribution in [3.8, 4) is 0 Å². The molecule has 1 aliphatic heterocycles. The Balaban J connectivity index is 1.59. The van der Waals surface area contributed by atoms with Crippen molar-refractivity contribution in [2.45, 2.75) is 25.2 Å². The maximum Gasteiger partial charge on any atom is 0.0548 e. The van der Waals surface area contributed by atoms with Gasteiger partial charge in [-0.05, 0) is 33.0 Å². The van der Waals surface area contributed by atoms with Crippen LogP contribution in [0.2, 0.25) is 0 Å². The third-order valence-corrected chi connectivity index (χ3v) is 5.88. The average molecular weight is 364 g/mol. The Bertz CT molecular complexity index is 1050. The van der Waals surface area contributed by atoms with Crippen LogP contribution in [0.25, 0.3) is 10.8 Å². The molecule has 2 nitrogen and oxygen atoms in total. The highest BCUT2D eigenvalue weighted by Gasteiger charge is 2.30. The van der Waals surface area contributed by atoms with Gasteiger partial charge in [0.25, 0.3) is 0 Å². The summed E-state index contributed by atoms with van der Waals surface area (Å²) in [7, 11) is 0. The van der Waals surface area contributed by atoms with Crippen molar-refractivity contribution < 1.29 is 0 Å². The van der Waals surface area contributed by atoms with E-state index < -0.39 is 0 Å². The van der Waals surface area contributed by atoms with E-state index in [1.54, 1.807) is 0 Å². The lowest BCUT2D eigenvalue weighted by molar-refractivity contribution is 0.151. The van der Waals surface area contributed by atoms with Crippen molar-refractivity contribution in [2.75, 3.05) is 0 Å². The molecule has 0 aliphatic carbocycles. The molecule has 0 bridgehead atoms. The molecule has 2 atom stereocenters. The number of hydrogen-bond acceptors (Lipinski definition) is 2. The van der Waals surface area contributed by atoms with Gasteiger partial charge >= 0.3 is 0 Å². The fourth-order valence-electron chi connectivity index (χ4n) is 4.61. The first kappa shape index (κ1) is 17.2. The summed E-state index contributed by atoms with van der Waals surface area (Å²) in [5.41, 5.74) is 12.1. The Kier molecular flexibility index (Phi) is 4.44. The van der Waals surface area contributed by atoms with Crippen LogP contribution in [0.1, 0.15) is 34.3 Å². The van der Waals surface area contributed by atoms with Crippen LogP contribution in [0.15, 0.2) is 97.1 Å². The highest BCUT2D eigenvalue weighted by atomic mass is 15.2. The van der Waals surface area contributed by atoms with Crippen LogP contribution < -0.4 is 5.73 Å². The predicted molar refractivity (Wildman–Crippen MR) is 116 cm³/mol. The summed E-state index contributed by atoms with van der Waals surface area (Å²) >= 11 is 0. The molecule has 28 heavy (non-hydrogen) atoms. The van der Waals surface area contributed by atoms with E-state index in [1.807, 2.05) is 6.07 Å². The summed E-state index contributed by atoms with van der Waals surface area (Å²) < 4.78 is 0. The number of nitrogens with two attached hydrogens (primary N) is 1. The van der Waals surface area contributed by atoms with E-state index in [1.165, 1.54) is 33.0 Å². The van der Waals surface area contributed by atoms with E-state index >= 15 is 0 Å². The van der Waals surface area contributed by atoms with Gasteiger partial charge in [-0.15, -0.1) is 0 Å². The molecule has 0 fully saturated rings.